The molecule has 1 aromatic carbocycles. The molecule has 9 heteroatoms. The van der Waals surface area contributed by atoms with Gasteiger partial charge in [-0.05, 0) is 43.4 Å². The molecule has 8 nitrogen and oxygen atoms in total. The zero-order chi connectivity index (χ0) is 23.2. The maximum absolute atomic E-state index is 12.8. The molecule has 0 saturated heterocycles. The van der Waals surface area contributed by atoms with Gasteiger partial charge in [-0.1, -0.05) is 13.0 Å². The fourth-order valence-electron chi connectivity index (χ4n) is 2.84. The number of amides is 1. The lowest BCUT2D eigenvalue weighted by atomic mass is 10.1. The smallest absolute Gasteiger partial charge is 0.335 e. The van der Waals surface area contributed by atoms with Crippen molar-refractivity contribution in [3.63, 3.8) is 0 Å². The number of carbonyl (C=O) groups excluding carboxylic acids is 2. The van der Waals surface area contributed by atoms with Crippen molar-refractivity contribution in [2.75, 3.05) is 46.0 Å². The summed E-state index contributed by atoms with van der Waals surface area (Å²) in [4.78, 5) is 26.4. The molecular formula is C22H33NO7S. The van der Waals surface area contributed by atoms with Gasteiger partial charge in [-0.2, -0.15) is 0 Å². The second kappa shape index (κ2) is 14.6. The number of methoxy groups -OCH3 is 3. The first-order chi connectivity index (χ1) is 14.9. The number of nitrogens with zero attached hydrogens (tertiary/aromatic N) is 1. The Labute approximate surface area is 186 Å². The van der Waals surface area contributed by atoms with Crippen molar-refractivity contribution in [2.45, 2.75) is 32.6 Å². The van der Waals surface area contributed by atoms with E-state index in [2.05, 4.69) is 0 Å². The fourth-order valence-corrected chi connectivity index (χ4v) is 3.48. The van der Waals surface area contributed by atoms with Crippen LogP contribution >= 0.6 is 0 Å². The number of aliphatic hydroxyl groups excluding tert-OH is 1. The van der Waals surface area contributed by atoms with Crippen LogP contribution < -0.4 is 9.47 Å². The second-order valence-electron chi connectivity index (χ2n) is 6.73. The fraction of sp³-hybridized carbons (Fsp3) is 0.545. The summed E-state index contributed by atoms with van der Waals surface area (Å²) in [5.74, 6) is 0.584. The first kappa shape index (κ1) is 26.6. The van der Waals surface area contributed by atoms with Gasteiger partial charge in [-0.25, -0.2) is 4.79 Å². The van der Waals surface area contributed by atoms with Crippen molar-refractivity contribution < 1.29 is 33.1 Å². The molecule has 1 unspecified atom stereocenters. The highest BCUT2D eigenvalue weighted by Crippen LogP contribution is 2.27. The minimum absolute atomic E-state index is 0.0197. The average molecular weight is 456 g/mol. The van der Waals surface area contributed by atoms with Crippen molar-refractivity contribution in [1.82, 2.24) is 4.90 Å². The van der Waals surface area contributed by atoms with Crippen LogP contribution in [0.15, 0.2) is 30.0 Å². The molecular weight excluding hydrogens is 422 g/mol. The third-order valence-electron chi connectivity index (χ3n) is 4.63. The van der Waals surface area contributed by atoms with Gasteiger partial charge in [-0.15, -0.1) is 0 Å². The van der Waals surface area contributed by atoms with Crippen LogP contribution in [0.5, 0.6) is 11.5 Å². The SMILES string of the molecule is CCS(=O)CC(=O)N(/C=C(/CCCCO)C(=O)OC)CCc1ccc(OC)c(OC)c1. The van der Waals surface area contributed by atoms with Crippen LogP contribution in [0.2, 0.25) is 0 Å². The van der Waals surface area contributed by atoms with Gasteiger partial charge in [0.2, 0.25) is 5.91 Å². The Balaban J connectivity index is 3.10. The van der Waals surface area contributed by atoms with Gasteiger partial charge in [0.15, 0.2) is 11.5 Å². The molecule has 0 spiro atoms. The van der Waals surface area contributed by atoms with Crippen LogP contribution in [0.25, 0.3) is 0 Å². The molecule has 0 fully saturated rings. The van der Waals surface area contributed by atoms with Gasteiger partial charge >= 0.3 is 5.97 Å². The summed E-state index contributed by atoms with van der Waals surface area (Å²) in [5, 5.41) is 9.01. The molecule has 31 heavy (non-hydrogen) atoms. The van der Waals surface area contributed by atoms with E-state index in [0.717, 1.165) is 5.56 Å². The van der Waals surface area contributed by atoms with E-state index in [0.29, 0.717) is 48.5 Å². The molecule has 0 bridgehead atoms. The number of carbonyl (C=O) groups is 2. The summed E-state index contributed by atoms with van der Waals surface area (Å²) in [5.41, 5.74) is 1.25. The van der Waals surface area contributed by atoms with Gasteiger partial charge in [0, 0.05) is 35.9 Å². The number of esters is 1. The van der Waals surface area contributed by atoms with E-state index >= 15 is 0 Å². The zero-order valence-electron chi connectivity index (χ0n) is 18.7. The second-order valence-corrected chi connectivity index (χ2v) is 8.47. The molecule has 1 N–H and O–H groups in total. The number of hydrogen-bond acceptors (Lipinski definition) is 7. The lowest BCUT2D eigenvalue weighted by molar-refractivity contribution is -0.136. The third-order valence-corrected chi connectivity index (χ3v) is 5.84. The number of benzene rings is 1. The van der Waals surface area contributed by atoms with Crippen LogP contribution in [0.1, 0.15) is 31.7 Å². The maximum Gasteiger partial charge on any atom is 0.335 e. The molecule has 0 saturated carbocycles. The number of unbranched alkanes of at least 4 members (excludes halogenated alkanes) is 1. The Hall–Kier alpha value is -2.39. The van der Waals surface area contributed by atoms with Gasteiger partial charge in [-0.3, -0.25) is 9.00 Å². The first-order valence-corrected chi connectivity index (χ1v) is 11.6. The predicted octanol–water partition coefficient (Wildman–Crippen LogP) is 2.06. The minimum Gasteiger partial charge on any atom is -0.493 e. The molecule has 0 aliphatic heterocycles. The molecule has 0 aliphatic rings. The standard InChI is InChI=1S/C22H33NO7S/c1-5-31(27)16-21(25)23(15-18(22(26)30-4)8-6-7-13-24)12-11-17-9-10-19(28-2)20(14-17)29-3/h9-10,14-15,24H,5-8,11-13,16H2,1-4H3/b18-15-. The average Bonchev–Trinajstić information content (AvgIpc) is 2.79. The molecule has 0 heterocycles. The van der Waals surface area contributed by atoms with Gasteiger partial charge in [0.05, 0.1) is 26.9 Å². The van der Waals surface area contributed by atoms with Crippen molar-refractivity contribution in [3.8, 4) is 11.5 Å². The van der Waals surface area contributed by atoms with E-state index in [1.54, 1.807) is 27.2 Å². The first-order valence-electron chi connectivity index (χ1n) is 10.1. The Morgan fingerprint density at radius 3 is 2.42 bits per heavy atom. The molecule has 1 atom stereocenters. The lowest BCUT2D eigenvalue weighted by Crippen LogP contribution is -2.33. The quantitative estimate of drug-likeness (QED) is 0.260. The highest BCUT2D eigenvalue weighted by atomic mass is 32.2. The molecule has 1 aromatic rings. The normalized spacial score (nSPS) is 12.2. The molecule has 174 valence electrons. The predicted molar refractivity (Wildman–Crippen MR) is 120 cm³/mol. The van der Waals surface area contributed by atoms with Crippen LogP contribution in [0, 0.1) is 0 Å². The number of aliphatic hydroxyl groups is 1. The molecule has 0 aliphatic carbocycles. The topological polar surface area (TPSA) is 102 Å². The largest absolute Gasteiger partial charge is 0.493 e. The van der Waals surface area contributed by atoms with Gasteiger partial charge in [0.25, 0.3) is 0 Å². The summed E-state index contributed by atoms with van der Waals surface area (Å²) in [6.07, 6.45) is 3.46. The third kappa shape index (κ3) is 9.10. The zero-order valence-corrected chi connectivity index (χ0v) is 19.5. The van der Waals surface area contributed by atoms with Crippen LogP contribution in [-0.4, -0.2) is 72.1 Å². The van der Waals surface area contributed by atoms with Crippen LogP contribution in [-0.2, 0) is 31.5 Å². The summed E-state index contributed by atoms with van der Waals surface area (Å²) < 4.78 is 27.4. The van der Waals surface area contributed by atoms with Crippen LogP contribution in [0.4, 0.5) is 0 Å². The Bertz CT molecular complexity index is 779. The lowest BCUT2D eigenvalue weighted by Gasteiger charge is -2.20. The van der Waals surface area contributed by atoms with E-state index in [1.165, 1.54) is 18.2 Å². The summed E-state index contributed by atoms with van der Waals surface area (Å²) in [6, 6.07) is 5.50. The molecule has 1 rings (SSSR count). The molecule has 0 radical (unpaired) electrons. The van der Waals surface area contributed by atoms with Gasteiger partial charge < -0.3 is 24.2 Å². The minimum atomic E-state index is -1.28. The van der Waals surface area contributed by atoms with Crippen molar-refractivity contribution >= 4 is 22.7 Å². The van der Waals surface area contributed by atoms with Gasteiger partial charge in [0.1, 0.15) is 5.75 Å². The van der Waals surface area contributed by atoms with Crippen LogP contribution in [0.3, 0.4) is 0 Å². The highest BCUT2D eigenvalue weighted by Gasteiger charge is 2.18. The monoisotopic (exact) mass is 455 g/mol. The van der Waals surface area contributed by atoms with Crippen molar-refractivity contribution in [1.29, 1.82) is 0 Å². The summed E-state index contributed by atoms with van der Waals surface area (Å²) >= 11 is 0. The van der Waals surface area contributed by atoms with Crippen molar-refractivity contribution in [2.24, 2.45) is 0 Å². The molecule has 1 amide bonds. The van der Waals surface area contributed by atoms with E-state index in [4.69, 9.17) is 19.3 Å². The molecule has 0 aromatic heterocycles. The highest BCUT2D eigenvalue weighted by molar-refractivity contribution is 7.85. The Kier molecular flexibility index (Phi) is 12.5. The summed E-state index contributed by atoms with van der Waals surface area (Å²) in [7, 11) is 3.11. The van der Waals surface area contributed by atoms with E-state index in [1.807, 2.05) is 12.1 Å². The number of ether oxygens (including phenoxy) is 3. The Morgan fingerprint density at radius 1 is 1.13 bits per heavy atom. The van der Waals surface area contributed by atoms with E-state index in [9.17, 15) is 13.8 Å². The maximum atomic E-state index is 12.8. The number of rotatable bonds is 14. The Morgan fingerprint density at radius 2 is 1.84 bits per heavy atom. The number of hydrogen-bond donors (Lipinski definition) is 1. The van der Waals surface area contributed by atoms with E-state index in [-0.39, 0.29) is 24.8 Å². The van der Waals surface area contributed by atoms with Crippen molar-refractivity contribution in [3.05, 3.63) is 35.5 Å². The summed E-state index contributed by atoms with van der Waals surface area (Å²) in [6.45, 7) is 2.06. The van der Waals surface area contributed by atoms with E-state index < -0.39 is 16.8 Å².